The van der Waals surface area contributed by atoms with Gasteiger partial charge in [-0.05, 0) is 34.2 Å². The van der Waals surface area contributed by atoms with Crippen molar-refractivity contribution in [3.63, 3.8) is 0 Å². The summed E-state index contributed by atoms with van der Waals surface area (Å²) in [4.78, 5) is 8.23. The molecular weight excluding hydrogens is 264 g/mol. The Hall–Kier alpha value is -1.01. The van der Waals surface area contributed by atoms with Gasteiger partial charge in [-0.15, -0.1) is 0 Å². The van der Waals surface area contributed by atoms with Crippen molar-refractivity contribution >= 4 is 28.1 Å². The Bertz CT molecular complexity index is 516. The zero-order chi connectivity index (χ0) is 10.1. The van der Waals surface area contributed by atoms with Crippen molar-refractivity contribution < 1.29 is 0 Å². The highest BCUT2D eigenvalue weighted by Gasteiger charge is 2.03. The number of halogens is 1. The molecule has 14 heavy (non-hydrogen) atoms. The van der Waals surface area contributed by atoms with Crippen LogP contribution in [0.25, 0.3) is 11.4 Å². The standard InChI is InChI=1S/C8H7BrN4S/c1-13-8(14)11-7(12-13)5-2-6(9)4-10-3-5/h2-4H,1H3,(H,11,12,14). The first-order valence-electron chi connectivity index (χ1n) is 3.91. The van der Waals surface area contributed by atoms with Crippen molar-refractivity contribution in [2.75, 3.05) is 0 Å². The van der Waals surface area contributed by atoms with Crippen molar-refractivity contribution in [1.82, 2.24) is 19.7 Å². The molecule has 2 rings (SSSR count). The second kappa shape index (κ2) is 3.62. The van der Waals surface area contributed by atoms with Crippen LogP contribution in [0.5, 0.6) is 0 Å². The van der Waals surface area contributed by atoms with E-state index < -0.39 is 0 Å². The summed E-state index contributed by atoms with van der Waals surface area (Å²) >= 11 is 8.34. The van der Waals surface area contributed by atoms with Gasteiger partial charge in [-0.3, -0.25) is 14.8 Å². The molecule has 0 saturated heterocycles. The molecule has 0 saturated carbocycles. The predicted molar refractivity (Wildman–Crippen MR) is 59.3 cm³/mol. The molecule has 2 heterocycles. The molecule has 0 aliphatic carbocycles. The van der Waals surface area contributed by atoms with Gasteiger partial charge in [-0.1, -0.05) is 0 Å². The number of aromatic nitrogens is 4. The Morgan fingerprint density at radius 2 is 2.29 bits per heavy atom. The van der Waals surface area contributed by atoms with Gasteiger partial charge in [0.1, 0.15) is 0 Å². The second-order valence-electron chi connectivity index (χ2n) is 2.81. The molecule has 72 valence electrons. The SMILES string of the molecule is Cn1[nH]c(-c2cncc(Br)c2)nc1=S. The smallest absolute Gasteiger partial charge is 0.216 e. The predicted octanol–water partition coefficient (Wildman–Crippen LogP) is 2.30. The molecule has 1 N–H and O–H groups in total. The number of nitrogens with one attached hydrogen (secondary N) is 1. The summed E-state index contributed by atoms with van der Waals surface area (Å²) in [7, 11) is 1.82. The van der Waals surface area contributed by atoms with E-state index in [0.717, 1.165) is 15.9 Å². The summed E-state index contributed by atoms with van der Waals surface area (Å²) in [6.45, 7) is 0. The fourth-order valence-electron chi connectivity index (χ4n) is 1.07. The third-order valence-corrected chi connectivity index (χ3v) is 2.55. The number of aromatic amines is 1. The van der Waals surface area contributed by atoms with Crippen LogP contribution >= 0.6 is 28.1 Å². The minimum absolute atomic E-state index is 0.528. The topological polar surface area (TPSA) is 46.5 Å². The van der Waals surface area contributed by atoms with Gasteiger partial charge in [0.25, 0.3) is 0 Å². The lowest BCUT2D eigenvalue weighted by Gasteiger charge is -1.95. The van der Waals surface area contributed by atoms with Crippen LogP contribution in [0.3, 0.4) is 0 Å². The minimum atomic E-state index is 0.528. The molecular formula is C8H7BrN4S. The molecule has 0 aliphatic heterocycles. The second-order valence-corrected chi connectivity index (χ2v) is 4.09. The van der Waals surface area contributed by atoms with E-state index in [1.54, 1.807) is 17.1 Å². The zero-order valence-corrected chi connectivity index (χ0v) is 9.76. The fraction of sp³-hybridized carbons (Fsp3) is 0.125. The summed E-state index contributed by atoms with van der Waals surface area (Å²) in [5.41, 5.74) is 0.908. The number of H-pyrrole nitrogens is 1. The van der Waals surface area contributed by atoms with E-state index in [1.807, 2.05) is 13.1 Å². The molecule has 0 aliphatic rings. The van der Waals surface area contributed by atoms with Gasteiger partial charge in [0.2, 0.25) is 4.77 Å². The Morgan fingerprint density at radius 3 is 2.86 bits per heavy atom. The monoisotopic (exact) mass is 270 g/mol. The Balaban J connectivity index is 2.54. The van der Waals surface area contributed by atoms with Gasteiger partial charge < -0.3 is 0 Å². The normalized spacial score (nSPS) is 10.4. The molecule has 0 unspecified atom stereocenters. The van der Waals surface area contributed by atoms with E-state index in [0.29, 0.717) is 4.77 Å². The highest BCUT2D eigenvalue weighted by molar-refractivity contribution is 9.10. The van der Waals surface area contributed by atoms with Crippen LogP contribution in [-0.2, 0) is 7.05 Å². The van der Waals surface area contributed by atoms with E-state index in [1.165, 1.54) is 0 Å². The van der Waals surface area contributed by atoms with Crippen LogP contribution in [0.4, 0.5) is 0 Å². The molecule has 0 radical (unpaired) electrons. The lowest BCUT2D eigenvalue weighted by atomic mass is 10.3. The van der Waals surface area contributed by atoms with Gasteiger partial charge in [-0.2, -0.15) is 4.98 Å². The van der Waals surface area contributed by atoms with Crippen LogP contribution in [0.1, 0.15) is 0 Å². The average Bonchev–Trinajstić information content (AvgIpc) is 2.47. The van der Waals surface area contributed by atoms with Gasteiger partial charge in [0.05, 0.1) is 0 Å². The number of hydrogen-bond acceptors (Lipinski definition) is 3. The maximum absolute atomic E-state index is 5.00. The van der Waals surface area contributed by atoms with Gasteiger partial charge >= 0.3 is 0 Å². The maximum Gasteiger partial charge on any atom is 0.216 e. The van der Waals surface area contributed by atoms with Crippen molar-refractivity contribution in [3.8, 4) is 11.4 Å². The van der Waals surface area contributed by atoms with Crippen molar-refractivity contribution in [1.29, 1.82) is 0 Å². The zero-order valence-electron chi connectivity index (χ0n) is 7.36. The lowest BCUT2D eigenvalue weighted by Crippen LogP contribution is -1.89. The number of nitrogens with zero attached hydrogens (tertiary/aromatic N) is 3. The van der Waals surface area contributed by atoms with E-state index in [4.69, 9.17) is 12.2 Å². The third kappa shape index (κ3) is 1.76. The average molecular weight is 271 g/mol. The summed E-state index contributed by atoms with van der Waals surface area (Å²) < 4.78 is 3.13. The van der Waals surface area contributed by atoms with Gasteiger partial charge in [0, 0.05) is 29.5 Å². The van der Waals surface area contributed by atoms with Crippen molar-refractivity contribution in [2.45, 2.75) is 0 Å². The number of pyridine rings is 1. The fourth-order valence-corrected chi connectivity index (χ4v) is 1.57. The Kier molecular flexibility index (Phi) is 2.47. The van der Waals surface area contributed by atoms with E-state index in [2.05, 4.69) is 31.0 Å². The molecule has 0 amide bonds. The van der Waals surface area contributed by atoms with Crippen molar-refractivity contribution in [3.05, 3.63) is 27.7 Å². The third-order valence-electron chi connectivity index (χ3n) is 1.75. The van der Waals surface area contributed by atoms with Gasteiger partial charge in [-0.25, -0.2) is 0 Å². The Morgan fingerprint density at radius 1 is 1.50 bits per heavy atom. The van der Waals surface area contributed by atoms with Crippen LogP contribution in [-0.4, -0.2) is 19.7 Å². The first kappa shape index (κ1) is 9.54. The number of aryl methyl sites for hydroxylation is 1. The largest absolute Gasteiger partial charge is 0.279 e. The summed E-state index contributed by atoms with van der Waals surface area (Å²) in [6, 6.07) is 1.93. The first-order chi connectivity index (χ1) is 6.66. The molecule has 0 bridgehead atoms. The first-order valence-corrected chi connectivity index (χ1v) is 5.11. The number of rotatable bonds is 1. The van der Waals surface area contributed by atoms with E-state index in [9.17, 15) is 0 Å². The van der Waals surface area contributed by atoms with Crippen LogP contribution in [0.15, 0.2) is 22.9 Å². The highest BCUT2D eigenvalue weighted by atomic mass is 79.9. The molecule has 0 fully saturated rings. The molecule has 2 aromatic heterocycles. The molecule has 0 aromatic carbocycles. The summed E-state index contributed by atoms with van der Waals surface area (Å²) in [5.74, 6) is 0.728. The number of hydrogen-bond donors (Lipinski definition) is 1. The molecule has 4 nitrogen and oxygen atoms in total. The molecule has 2 aromatic rings. The molecule has 0 atom stereocenters. The molecule has 0 spiro atoms. The summed E-state index contributed by atoms with van der Waals surface area (Å²) in [6.07, 6.45) is 3.46. The van der Waals surface area contributed by atoms with Gasteiger partial charge in [0.15, 0.2) is 5.82 Å². The van der Waals surface area contributed by atoms with Crippen LogP contribution in [0, 0.1) is 4.77 Å². The minimum Gasteiger partial charge on any atom is -0.279 e. The van der Waals surface area contributed by atoms with Crippen molar-refractivity contribution in [2.24, 2.45) is 7.05 Å². The van der Waals surface area contributed by atoms with E-state index in [-0.39, 0.29) is 0 Å². The quantitative estimate of drug-likeness (QED) is 0.809. The van der Waals surface area contributed by atoms with E-state index >= 15 is 0 Å². The maximum atomic E-state index is 5.00. The van der Waals surface area contributed by atoms with Crippen LogP contribution < -0.4 is 0 Å². The highest BCUT2D eigenvalue weighted by Crippen LogP contribution is 2.17. The Labute approximate surface area is 94.1 Å². The molecule has 6 heteroatoms. The van der Waals surface area contributed by atoms with Crippen LogP contribution in [0.2, 0.25) is 0 Å². The lowest BCUT2D eigenvalue weighted by molar-refractivity contribution is 0.756. The summed E-state index contributed by atoms with van der Waals surface area (Å²) in [5, 5.41) is 3.03.